The number of carbonyl (C=O) groups excluding carboxylic acids is 1. The number of carbonyl (C=O) groups is 1. The van der Waals surface area contributed by atoms with Gasteiger partial charge in [-0.15, -0.1) is 0 Å². The third kappa shape index (κ3) is 9.58. The number of ether oxygens (including phenoxy) is 1. The summed E-state index contributed by atoms with van der Waals surface area (Å²) in [7, 11) is -1.75. The van der Waals surface area contributed by atoms with Crippen LogP contribution in [0.5, 0.6) is 0 Å². The van der Waals surface area contributed by atoms with Crippen LogP contribution in [0, 0.1) is 0 Å². The molecule has 1 heterocycles. The number of cyclic esters (lactones) is 1. The fourth-order valence-corrected chi connectivity index (χ4v) is 8.07. The predicted molar refractivity (Wildman–Crippen MR) is 136 cm³/mol. The van der Waals surface area contributed by atoms with E-state index in [-0.39, 0.29) is 23.2 Å². The Morgan fingerprint density at radius 3 is 1.71 bits per heavy atom. The van der Waals surface area contributed by atoms with Crippen LogP contribution in [0.3, 0.4) is 0 Å². The first-order chi connectivity index (χ1) is 14.8. The molecule has 0 radical (unpaired) electrons. The van der Waals surface area contributed by atoms with Crippen LogP contribution < -0.4 is 0 Å². The van der Waals surface area contributed by atoms with Crippen molar-refractivity contribution in [3.8, 4) is 0 Å². The molecule has 4 heteroatoms. The fraction of sp³-hybridized carbons (Fsp3) is 0.963. The van der Waals surface area contributed by atoms with Gasteiger partial charge < -0.3 is 9.84 Å². The molecule has 0 aromatic heterocycles. The number of hydrogen-bond acceptors (Lipinski definition) is 3. The smallest absolute Gasteiger partial charge is 0.313 e. The quantitative estimate of drug-likeness (QED) is 0.114. The van der Waals surface area contributed by atoms with E-state index < -0.39 is 8.07 Å². The van der Waals surface area contributed by atoms with Crippen LogP contribution in [0.15, 0.2) is 0 Å². The zero-order valence-electron chi connectivity index (χ0n) is 21.6. The zero-order valence-corrected chi connectivity index (χ0v) is 22.6. The Balaban J connectivity index is 2.38. The molecule has 0 unspecified atom stereocenters. The molecule has 3 nitrogen and oxygen atoms in total. The van der Waals surface area contributed by atoms with E-state index in [1.54, 1.807) is 0 Å². The second kappa shape index (κ2) is 15.5. The summed E-state index contributed by atoms with van der Waals surface area (Å²) in [5, 5.41) is 10.3. The van der Waals surface area contributed by atoms with Crippen LogP contribution in [-0.4, -0.2) is 31.4 Å². The minimum atomic E-state index is -1.75. The van der Waals surface area contributed by atoms with Crippen LogP contribution >= 0.6 is 0 Å². The summed E-state index contributed by atoms with van der Waals surface area (Å²) in [6, 6.07) is 0. The monoisotopic (exact) mass is 454 g/mol. The SMILES string of the molecule is CCCCCCCCCCCC[C@@]1([Si](C)(C)C)C(=O)O[C@H]1C[C@@H](O)CCCCCCC. The van der Waals surface area contributed by atoms with Crippen LogP contribution in [-0.2, 0) is 9.53 Å². The van der Waals surface area contributed by atoms with Crippen LogP contribution in [0.2, 0.25) is 24.7 Å². The molecular weight excluding hydrogens is 400 g/mol. The van der Waals surface area contributed by atoms with E-state index in [2.05, 4.69) is 33.5 Å². The molecular formula is C27H54O3Si. The van der Waals surface area contributed by atoms with Gasteiger partial charge in [-0.25, -0.2) is 0 Å². The highest BCUT2D eigenvalue weighted by Crippen LogP contribution is 2.57. The maximum atomic E-state index is 12.7. The van der Waals surface area contributed by atoms with Crippen LogP contribution in [0.25, 0.3) is 0 Å². The minimum Gasteiger partial charge on any atom is -0.461 e. The van der Waals surface area contributed by atoms with Crippen LogP contribution in [0.1, 0.15) is 129 Å². The molecule has 1 N–H and O–H groups in total. The number of hydrogen-bond donors (Lipinski definition) is 1. The maximum Gasteiger partial charge on any atom is 0.313 e. The molecule has 0 spiro atoms. The Kier molecular flexibility index (Phi) is 14.3. The summed E-state index contributed by atoms with van der Waals surface area (Å²) in [5.41, 5.74) is 0. The first-order valence-electron chi connectivity index (χ1n) is 13.7. The van der Waals surface area contributed by atoms with Gasteiger partial charge in [0.1, 0.15) is 6.10 Å². The summed E-state index contributed by atoms with van der Waals surface area (Å²) in [6.45, 7) is 11.4. The molecule has 1 fully saturated rings. The lowest BCUT2D eigenvalue weighted by Crippen LogP contribution is -2.63. The van der Waals surface area contributed by atoms with Gasteiger partial charge in [-0.1, -0.05) is 130 Å². The minimum absolute atomic E-state index is 0.0303. The standard InChI is InChI=1S/C27H54O3Si/c1-6-8-10-12-13-14-15-16-18-20-22-27(31(3,4)5)25(30-26(27)29)23-24(28)21-19-17-11-9-7-2/h24-25,28H,6-23H2,1-5H3/t24-,25-,27-/m0/s1. The van der Waals surface area contributed by atoms with Gasteiger partial charge in [0.25, 0.3) is 0 Å². The van der Waals surface area contributed by atoms with E-state index in [9.17, 15) is 9.90 Å². The number of aliphatic hydroxyl groups is 1. The molecule has 184 valence electrons. The summed E-state index contributed by atoms with van der Waals surface area (Å²) in [6.07, 6.45) is 21.3. The van der Waals surface area contributed by atoms with Crippen molar-refractivity contribution in [3.05, 3.63) is 0 Å². The van der Waals surface area contributed by atoms with E-state index >= 15 is 0 Å². The lowest BCUT2D eigenvalue weighted by molar-refractivity contribution is -0.186. The van der Waals surface area contributed by atoms with E-state index in [1.807, 2.05) is 0 Å². The Morgan fingerprint density at radius 1 is 0.806 bits per heavy atom. The van der Waals surface area contributed by atoms with Crippen molar-refractivity contribution in [2.75, 3.05) is 0 Å². The lowest BCUT2D eigenvalue weighted by Gasteiger charge is -2.54. The molecule has 1 rings (SSSR count). The van der Waals surface area contributed by atoms with E-state index in [0.717, 1.165) is 25.7 Å². The second-order valence-electron chi connectivity index (χ2n) is 11.1. The zero-order chi connectivity index (χ0) is 23.2. The third-order valence-electron chi connectivity index (χ3n) is 7.55. The van der Waals surface area contributed by atoms with Crippen LogP contribution in [0.4, 0.5) is 0 Å². The van der Waals surface area contributed by atoms with Gasteiger partial charge in [0.2, 0.25) is 0 Å². The van der Waals surface area contributed by atoms with Crippen molar-refractivity contribution in [2.45, 2.75) is 166 Å². The summed E-state index contributed by atoms with van der Waals surface area (Å²) in [4.78, 5) is 12.7. The first kappa shape index (κ1) is 28.7. The molecule has 0 aromatic carbocycles. The maximum absolute atomic E-state index is 12.7. The predicted octanol–water partition coefficient (Wildman–Crippen LogP) is 8.41. The lowest BCUT2D eigenvalue weighted by atomic mass is 9.85. The molecule has 0 aromatic rings. The van der Waals surface area contributed by atoms with Gasteiger partial charge in [0.15, 0.2) is 0 Å². The van der Waals surface area contributed by atoms with Gasteiger partial charge in [0, 0.05) is 6.42 Å². The molecule has 31 heavy (non-hydrogen) atoms. The van der Waals surface area contributed by atoms with Gasteiger partial charge in [-0.3, -0.25) is 4.79 Å². The van der Waals surface area contributed by atoms with E-state index in [1.165, 1.54) is 83.5 Å². The number of rotatable bonds is 20. The highest BCUT2D eigenvalue weighted by atomic mass is 28.3. The molecule has 0 aliphatic carbocycles. The highest BCUT2D eigenvalue weighted by molar-refractivity contribution is 6.83. The van der Waals surface area contributed by atoms with Gasteiger partial charge in [0.05, 0.1) is 19.2 Å². The van der Waals surface area contributed by atoms with Crippen molar-refractivity contribution in [2.24, 2.45) is 0 Å². The highest BCUT2D eigenvalue weighted by Gasteiger charge is 2.64. The number of aliphatic hydroxyl groups excluding tert-OH is 1. The normalized spacial score (nSPS) is 22.3. The van der Waals surface area contributed by atoms with Crippen molar-refractivity contribution in [1.82, 2.24) is 0 Å². The van der Waals surface area contributed by atoms with Crippen molar-refractivity contribution >= 4 is 14.0 Å². The summed E-state index contributed by atoms with van der Waals surface area (Å²) >= 11 is 0. The summed E-state index contributed by atoms with van der Waals surface area (Å²) < 4.78 is 5.68. The average molecular weight is 455 g/mol. The van der Waals surface area contributed by atoms with Crippen molar-refractivity contribution < 1.29 is 14.6 Å². The number of esters is 1. The van der Waals surface area contributed by atoms with Gasteiger partial charge in [-0.2, -0.15) is 0 Å². The molecule has 0 amide bonds. The fourth-order valence-electron chi connectivity index (χ4n) is 5.32. The summed E-state index contributed by atoms with van der Waals surface area (Å²) in [5.74, 6) is 0.0303. The molecule has 1 aliphatic rings. The largest absolute Gasteiger partial charge is 0.461 e. The van der Waals surface area contributed by atoms with Crippen molar-refractivity contribution in [1.29, 1.82) is 0 Å². The Morgan fingerprint density at radius 2 is 1.26 bits per heavy atom. The molecule has 0 saturated carbocycles. The first-order valence-corrected chi connectivity index (χ1v) is 17.2. The Hall–Kier alpha value is -0.353. The third-order valence-corrected chi connectivity index (χ3v) is 11.0. The van der Waals surface area contributed by atoms with E-state index in [0.29, 0.717) is 6.42 Å². The van der Waals surface area contributed by atoms with Gasteiger partial charge >= 0.3 is 5.97 Å². The average Bonchev–Trinajstić information content (AvgIpc) is 2.70. The van der Waals surface area contributed by atoms with Crippen molar-refractivity contribution in [3.63, 3.8) is 0 Å². The van der Waals surface area contributed by atoms with Gasteiger partial charge in [-0.05, 0) is 12.8 Å². The molecule has 1 aliphatic heterocycles. The molecule has 3 atom stereocenters. The Labute approximate surface area is 195 Å². The number of unbranched alkanes of at least 4 members (excludes halogenated alkanes) is 13. The van der Waals surface area contributed by atoms with E-state index in [4.69, 9.17) is 4.74 Å². The Bertz CT molecular complexity index is 474. The second-order valence-corrected chi connectivity index (χ2v) is 16.5. The molecule has 0 bridgehead atoms. The molecule has 1 saturated heterocycles. The topological polar surface area (TPSA) is 46.5 Å².